The summed E-state index contributed by atoms with van der Waals surface area (Å²) in [6, 6.07) is 0.288. The lowest BCUT2D eigenvalue weighted by Gasteiger charge is -2.32. The van der Waals surface area contributed by atoms with Crippen LogP contribution in [0.1, 0.15) is 19.8 Å². The number of carbonyl (C=O) groups is 1. The van der Waals surface area contributed by atoms with Gasteiger partial charge in [-0.3, -0.25) is 5.32 Å². The third-order valence-corrected chi connectivity index (χ3v) is 3.61. The molecule has 0 aliphatic heterocycles. The zero-order chi connectivity index (χ0) is 25.0. The molecule has 1 amide bonds. The molecule has 0 saturated heterocycles. The minimum atomic E-state index is -7.41. The van der Waals surface area contributed by atoms with Gasteiger partial charge in [0, 0.05) is 11.8 Å². The summed E-state index contributed by atoms with van der Waals surface area (Å²) in [6.07, 6.45) is -7.02. The van der Waals surface area contributed by atoms with E-state index in [-0.39, 0.29) is 12.3 Å². The second-order valence-electron chi connectivity index (χ2n) is 6.05. The predicted molar refractivity (Wildman–Crippen MR) is 87.1 cm³/mol. The van der Waals surface area contributed by atoms with Crippen molar-refractivity contribution in [1.82, 2.24) is 0 Å². The van der Waals surface area contributed by atoms with Crippen molar-refractivity contribution < 1.29 is 62.6 Å². The summed E-state index contributed by atoms with van der Waals surface area (Å²) in [4.78, 5) is 11.5. The topological polar surface area (TPSA) is 47.6 Å². The van der Waals surface area contributed by atoms with Crippen LogP contribution in [0.2, 0.25) is 0 Å². The number of anilines is 1. The third kappa shape index (κ3) is 5.73. The van der Waals surface area contributed by atoms with Crippen LogP contribution in [0.4, 0.5) is 58.8 Å². The van der Waals surface area contributed by atoms with Gasteiger partial charge < -0.3 is 9.47 Å². The van der Waals surface area contributed by atoms with E-state index in [1.807, 2.05) is 0 Å². The molecule has 1 aromatic carbocycles. The van der Waals surface area contributed by atoms with Crippen molar-refractivity contribution in [3.05, 3.63) is 36.1 Å². The Balaban J connectivity index is 3.10. The highest BCUT2D eigenvalue weighted by Gasteiger charge is 2.83. The summed E-state index contributed by atoms with van der Waals surface area (Å²) in [6.45, 7) is 1.82. The van der Waals surface area contributed by atoms with Crippen molar-refractivity contribution in [2.45, 2.75) is 43.7 Å². The first kappa shape index (κ1) is 27.3. The lowest BCUT2D eigenvalue weighted by molar-refractivity contribution is -0.392. The summed E-state index contributed by atoms with van der Waals surface area (Å²) in [7, 11) is 0. The maximum atomic E-state index is 13.6. The molecule has 1 aromatic rings. The van der Waals surface area contributed by atoms with Gasteiger partial charge in [-0.1, -0.05) is 19.4 Å². The van der Waals surface area contributed by atoms with Gasteiger partial charge in [0.15, 0.2) is 0 Å². The van der Waals surface area contributed by atoms with E-state index >= 15 is 0 Å². The zero-order valence-corrected chi connectivity index (χ0v) is 15.8. The molecule has 32 heavy (non-hydrogen) atoms. The molecule has 0 bridgehead atoms. The van der Waals surface area contributed by atoms with Crippen LogP contribution < -0.4 is 10.1 Å². The first-order valence-electron chi connectivity index (χ1n) is 8.46. The number of hydrogen-bond acceptors (Lipinski definition) is 3. The first-order chi connectivity index (χ1) is 14.5. The van der Waals surface area contributed by atoms with Crippen molar-refractivity contribution >= 4 is 11.8 Å². The van der Waals surface area contributed by atoms with Crippen LogP contribution in [0.25, 0.3) is 0 Å². The Morgan fingerprint density at radius 1 is 0.969 bits per heavy atom. The average Bonchev–Trinajstić information content (AvgIpc) is 2.66. The summed E-state index contributed by atoms with van der Waals surface area (Å²) >= 11 is 0. The number of ether oxygens (including phenoxy) is 2. The number of benzene rings is 1. The van der Waals surface area contributed by atoms with Crippen LogP contribution in [-0.4, -0.2) is 36.6 Å². The minimum Gasteiger partial charge on any atom is -0.449 e. The van der Waals surface area contributed by atoms with E-state index in [1.165, 1.54) is 0 Å². The third-order valence-electron chi connectivity index (χ3n) is 3.61. The van der Waals surface area contributed by atoms with Gasteiger partial charge in [-0.15, -0.1) is 0 Å². The molecular weight excluding hydrogens is 475 g/mol. The largest absolute Gasteiger partial charge is 0.460 e. The van der Waals surface area contributed by atoms with Crippen LogP contribution in [0.5, 0.6) is 5.75 Å². The molecule has 0 spiro atoms. The SMILES string of the molecule is CCCCOC(=O)Nc1cccc(OC(F)=C(F)C(F)(F)C(F)(F)C(F)(F)C(F)(F)F)c1. The van der Waals surface area contributed by atoms with Gasteiger partial charge >= 0.3 is 36.1 Å². The van der Waals surface area contributed by atoms with E-state index in [0.29, 0.717) is 18.9 Å². The van der Waals surface area contributed by atoms with Gasteiger partial charge in [0.05, 0.1) is 6.61 Å². The van der Waals surface area contributed by atoms with Crippen LogP contribution in [0, 0.1) is 0 Å². The average molecular weight is 489 g/mol. The number of alkyl halides is 9. The maximum absolute atomic E-state index is 13.6. The monoisotopic (exact) mass is 489 g/mol. The summed E-state index contributed by atoms with van der Waals surface area (Å²) in [5, 5.41) is 2.07. The highest BCUT2D eigenvalue weighted by molar-refractivity contribution is 5.84. The van der Waals surface area contributed by atoms with Crippen molar-refractivity contribution in [1.29, 1.82) is 0 Å². The smallest absolute Gasteiger partial charge is 0.449 e. The summed E-state index contributed by atoms with van der Waals surface area (Å²) in [5.41, 5.74) is -0.238. The quantitative estimate of drug-likeness (QED) is 0.231. The fourth-order valence-electron chi connectivity index (χ4n) is 1.89. The molecule has 0 heterocycles. The summed E-state index contributed by atoms with van der Waals surface area (Å²) in [5.74, 6) is -26.7. The van der Waals surface area contributed by atoms with Crippen LogP contribution >= 0.6 is 0 Å². The Labute approximate surface area is 173 Å². The van der Waals surface area contributed by atoms with Gasteiger partial charge in [-0.25, -0.2) is 4.79 Å². The van der Waals surface area contributed by atoms with Gasteiger partial charge in [-0.2, -0.15) is 48.3 Å². The molecule has 1 N–H and O–H groups in total. The van der Waals surface area contributed by atoms with E-state index in [9.17, 15) is 53.1 Å². The normalized spacial score (nSPS) is 14.0. The van der Waals surface area contributed by atoms with E-state index in [0.717, 1.165) is 18.2 Å². The van der Waals surface area contributed by atoms with Crippen LogP contribution in [-0.2, 0) is 4.74 Å². The molecule has 0 atom stereocenters. The number of hydrogen-bond donors (Lipinski definition) is 1. The molecule has 0 aliphatic carbocycles. The fraction of sp³-hybridized carbons (Fsp3) is 0.471. The first-order valence-corrected chi connectivity index (χ1v) is 8.46. The Morgan fingerprint density at radius 2 is 1.56 bits per heavy atom. The highest BCUT2D eigenvalue weighted by atomic mass is 19.4. The number of amides is 1. The Hall–Kier alpha value is -2.74. The highest BCUT2D eigenvalue weighted by Crippen LogP contribution is 2.55. The van der Waals surface area contributed by atoms with Crippen LogP contribution in [0.15, 0.2) is 36.1 Å². The number of carbonyl (C=O) groups excluding carboxylic acids is 1. The van der Waals surface area contributed by atoms with Gasteiger partial charge in [0.1, 0.15) is 5.75 Å². The predicted octanol–water partition coefficient (Wildman–Crippen LogP) is 6.99. The number of unbranched alkanes of at least 4 members (excludes halogenated alkanes) is 1. The van der Waals surface area contributed by atoms with Crippen LogP contribution in [0.3, 0.4) is 0 Å². The minimum absolute atomic E-state index is 0.0208. The maximum Gasteiger partial charge on any atom is 0.460 e. The lowest BCUT2D eigenvalue weighted by Crippen LogP contribution is -2.61. The molecule has 0 fully saturated rings. The number of rotatable bonds is 9. The molecule has 4 nitrogen and oxygen atoms in total. The Bertz CT molecular complexity index is 837. The van der Waals surface area contributed by atoms with E-state index in [4.69, 9.17) is 4.74 Å². The summed E-state index contributed by atoms with van der Waals surface area (Å²) < 4.78 is 151. The Morgan fingerprint density at radius 3 is 2.09 bits per heavy atom. The van der Waals surface area contributed by atoms with Gasteiger partial charge in [-0.05, 0) is 18.6 Å². The van der Waals surface area contributed by atoms with Gasteiger partial charge in [0.2, 0.25) is 5.83 Å². The number of allylic oxidation sites excluding steroid dienone is 1. The van der Waals surface area contributed by atoms with Crippen molar-refractivity contribution in [2.24, 2.45) is 0 Å². The zero-order valence-electron chi connectivity index (χ0n) is 15.8. The van der Waals surface area contributed by atoms with Crippen molar-refractivity contribution in [3.8, 4) is 5.75 Å². The molecule has 15 heteroatoms. The molecule has 0 saturated carbocycles. The molecule has 0 unspecified atom stereocenters. The van der Waals surface area contributed by atoms with Gasteiger partial charge in [0.25, 0.3) is 0 Å². The molecule has 1 rings (SSSR count). The van der Waals surface area contributed by atoms with Crippen molar-refractivity contribution in [3.63, 3.8) is 0 Å². The number of halogens is 11. The van der Waals surface area contributed by atoms with Crippen molar-refractivity contribution in [2.75, 3.05) is 11.9 Å². The van der Waals surface area contributed by atoms with E-state index in [1.54, 1.807) is 6.92 Å². The second kappa shape index (κ2) is 9.81. The van der Waals surface area contributed by atoms with E-state index in [2.05, 4.69) is 10.1 Å². The lowest BCUT2D eigenvalue weighted by atomic mass is 10.0. The fourth-order valence-corrected chi connectivity index (χ4v) is 1.89. The second-order valence-corrected chi connectivity index (χ2v) is 6.05. The molecule has 0 radical (unpaired) electrons. The van der Waals surface area contributed by atoms with E-state index < -0.39 is 47.6 Å². The standard InChI is InChI=1S/C17H14F11NO3/c1-2-3-7-31-13(30)29-9-5-4-6-10(8-9)32-12(19)11(18)14(20,21)15(22,23)16(24,25)17(26,27)28/h4-6,8H,2-3,7H2,1H3,(H,29,30). The molecule has 0 aliphatic rings. The molecule has 0 aromatic heterocycles. The Kier molecular flexibility index (Phi) is 8.37. The molecular formula is C17H14F11NO3. The number of nitrogens with one attached hydrogen (secondary N) is 1. The molecule has 182 valence electrons.